The van der Waals surface area contributed by atoms with Gasteiger partial charge in [0, 0.05) is 11.3 Å². The van der Waals surface area contributed by atoms with Crippen LogP contribution < -0.4 is 15.4 Å². The molecular formula is C20H18N2O2S. The van der Waals surface area contributed by atoms with Gasteiger partial charge in [-0.1, -0.05) is 36.4 Å². The first-order chi connectivity index (χ1) is 12.2. The summed E-state index contributed by atoms with van der Waals surface area (Å²) in [7, 11) is 0. The number of carbonyl (C=O) groups excluding carboxylic acids is 1. The molecular weight excluding hydrogens is 332 g/mol. The third kappa shape index (κ3) is 4.14. The molecule has 0 atom stereocenters. The number of anilines is 1. The van der Waals surface area contributed by atoms with E-state index in [0.29, 0.717) is 12.2 Å². The molecule has 0 saturated heterocycles. The Morgan fingerprint density at radius 1 is 1.00 bits per heavy atom. The van der Waals surface area contributed by atoms with Gasteiger partial charge in [-0.05, 0) is 60.2 Å². The summed E-state index contributed by atoms with van der Waals surface area (Å²) in [5, 5.41) is 7.89. The van der Waals surface area contributed by atoms with E-state index in [1.807, 2.05) is 67.6 Å². The van der Waals surface area contributed by atoms with Crippen LogP contribution in [0, 0.1) is 0 Å². The Hall–Kier alpha value is -2.92. The van der Waals surface area contributed by atoms with Crippen molar-refractivity contribution in [3.05, 3.63) is 72.3 Å². The molecule has 2 N–H and O–H groups in total. The summed E-state index contributed by atoms with van der Waals surface area (Å²) in [6.45, 7) is 2.55. The molecule has 25 heavy (non-hydrogen) atoms. The highest BCUT2D eigenvalue weighted by Gasteiger charge is 2.11. The van der Waals surface area contributed by atoms with Crippen molar-refractivity contribution in [2.75, 3.05) is 11.9 Å². The Balaban J connectivity index is 1.68. The molecule has 3 rings (SSSR count). The number of ether oxygens (including phenoxy) is 1. The number of hydrogen-bond donors (Lipinski definition) is 2. The van der Waals surface area contributed by atoms with Gasteiger partial charge in [-0.2, -0.15) is 0 Å². The van der Waals surface area contributed by atoms with E-state index < -0.39 is 0 Å². The van der Waals surface area contributed by atoms with E-state index in [-0.39, 0.29) is 11.0 Å². The second kappa shape index (κ2) is 7.77. The molecule has 0 saturated carbocycles. The molecule has 0 spiro atoms. The normalized spacial score (nSPS) is 10.3. The molecule has 0 heterocycles. The van der Waals surface area contributed by atoms with Crippen molar-refractivity contribution in [3.63, 3.8) is 0 Å². The van der Waals surface area contributed by atoms with Crippen LogP contribution in [-0.2, 0) is 0 Å². The molecule has 0 fully saturated rings. The van der Waals surface area contributed by atoms with Crippen LogP contribution in [0.1, 0.15) is 17.3 Å². The van der Waals surface area contributed by atoms with E-state index >= 15 is 0 Å². The monoisotopic (exact) mass is 350 g/mol. The maximum Gasteiger partial charge on any atom is 0.258 e. The number of amides is 1. The average molecular weight is 350 g/mol. The van der Waals surface area contributed by atoms with Crippen molar-refractivity contribution < 1.29 is 9.53 Å². The average Bonchev–Trinajstić information content (AvgIpc) is 2.63. The number of carbonyl (C=O) groups is 1. The van der Waals surface area contributed by atoms with E-state index in [4.69, 9.17) is 17.0 Å². The van der Waals surface area contributed by atoms with E-state index in [2.05, 4.69) is 10.6 Å². The number of fused-ring (bicyclic) bond motifs is 1. The molecule has 0 aliphatic heterocycles. The Morgan fingerprint density at radius 2 is 1.72 bits per heavy atom. The molecule has 3 aromatic rings. The van der Waals surface area contributed by atoms with Crippen molar-refractivity contribution in [1.82, 2.24) is 5.32 Å². The van der Waals surface area contributed by atoms with E-state index in [1.54, 1.807) is 6.07 Å². The van der Waals surface area contributed by atoms with Gasteiger partial charge in [0.2, 0.25) is 0 Å². The predicted octanol–water partition coefficient (Wildman–Crippen LogP) is 4.37. The van der Waals surface area contributed by atoms with E-state index in [1.165, 1.54) is 0 Å². The lowest BCUT2D eigenvalue weighted by Gasteiger charge is -2.11. The van der Waals surface area contributed by atoms with Gasteiger partial charge in [-0.15, -0.1) is 0 Å². The minimum absolute atomic E-state index is 0.236. The van der Waals surface area contributed by atoms with Crippen molar-refractivity contribution in [2.24, 2.45) is 0 Å². The third-order valence-electron chi connectivity index (χ3n) is 3.68. The fraction of sp³-hybridized carbons (Fsp3) is 0.100. The van der Waals surface area contributed by atoms with Crippen LogP contribution in [0.4, 0.5) is 5.69 Å². The number of hydrogen-bond acceptors (Lipinski definition) is 3. The fourth-order valence-electron chi connectivity index (χ4n) is 2.56. The lowest BCUT2D eigenvalue weighted by atomic mass is 10.0. The van der Waals surface area contributed by atoms with Crippen LogP contribution in [0.2, 0.25) is 0 Å². The van der Waals surface area contributed by atoms with Gasteiger partial charge in [0.1, 0.15) is 5.75 Å². The first kappa shape index (κ1) is 16.9. The number of thiocarbonyl (C=S) groups is 1. The van der Waals surface area contributed by atoms with Crippen LogP contribution in [0.5, 0.6) is 5.75 Å². The highest BCUT2D eigenvalue weighted by atomic mass is 32.1. The molecule has 0 unspecified atom stereocenters. The van der Waals surface area contributed by atoms with Crippen LogP contribution in [0.25, 0.3) is 10.8 Å². The standard InChI is InChI=1S/C20H18N2O2S/c1-2-24-16-12-10-15(11-13-16)21-20(25)22-19(23)18-9-5-7-14-6-3-4-8-17(14)18/h3-13H,2H2,1H3,(H2,21,22,23,25). The second-order valence-electron chi connectivity index (χ2n) is 5.39. The molecule has 0 aliphatic rings. The number of nitrogens with one attached hydrogen (secondary N) is 2. The largest absolute Gasteiger partial charge is 0.494 e. The zero-order valence-corrected chi connectivity index (χ0v) is 14.6. The summed E-state index contributed by atoms with van der Waals surface area (Å²) >= 11 is 5.24. The molecule has 5 heteroatoms. The number of rotatable bonds is 4. The third-order valence-corrected chi connectivity index (χ3v) is 3.89. The molecule has 4 nitrogen and oxygen atoms in total. The van der Waals surface area contributed by atoms with Crippen molar-refractivity contribution in [2.45, 2.75) is 6.92 Å². The Bertz CT molecular complexity index is 902. The van der Waals surface area contributed by atoms with Crippen LogP contribution in [0.15, 0.2) is 66.7 Å². The minimum atomic E-state index is -0.236. The quantitative estimate of drug-likeness (QED) is 0.686. The number of benzene rings is 3. The van der Waals surface area contributed by atoms with E-state index in [9.17, 15) is 4.79 Å². The van der Waals surface area contributed by atoms with Crippen molar-refractivity contribution in [1.29, 1.82) is 0 Å². The lowest BCUT2D eigenvalue weighted by Crippen LogP contribution is -2.34. The molecule has 0 aromatic heterocycles. The van der Waals surface area contributed by atoms with Crippen LogP contribution in [-0.4, -0.2) is 17.6 Å². The van der Waals surface area contributed by atoms with Crippen molar-refractivity contribution >= 4 is 39.7 Å². The summed E-state index contributed by atoms with van der Waals surface area (Å²) in [4.78, 5) is 12.5. The van der Waals surface area contributed by atoms with Gasteiger partial charge < -0.3 is 10.1 Å². The summed E-state index contributed by atoms with van der Waals surface area (Å²) < 4.78 is 5.40. The zero-order valence-electron chi connectivity index (χ0n) is 13.8. The summed E-state index contributed by atoms with van der Waals surface area (Å²) in [5.41, 5.74) is 1.38. The van der Waals surface area contributed by atoms with Gasteiger partial charge >= 0.3 is 0 Å². The molecule has 0 aliphatic carbocycles. The van der Waals surface area contributed by atoms with Gasteiger partial charge in [-0.3, -0.25) is 10.1 Å². The van der Waals surface area contributed by atoms with Crippen LogP contribution in [0.3, 0.4) is 0 Å². The highest BCUT2D eigenvalue weighted by Crippen LogP contribution is 2.19. The zero-order chi connectivity index (χ0) is 17.6. The Morgan fingerprint density at radius 3 is 2.48 bits per heavy atom. The van der Waals surface area contributed by atoms with Crippen molar-refractivity contribution in [3.8, 4) is 5.75 Å². The van der Waals surface area contributed by atoms with Gasteiger partial charge in [0.05, 0.1) is 6.61 Å². The first-order valence-corrected chi connectivity index (χ1v) is 8.41. The minimum Gasteiger partial charge on any atom is -0.494 e. The lowest BCUT2D eigenvalue weighted by molar-refractivity contribution is 0.0979. The Labute approximate surface area is 151 Å². The summed E-state index contributed by atoms with van der Waals surface area (Å²) in [5.74, 6) is 0.555. The molecule has 1 amide bonds. The van der Waals surface area contributed by atoms with Crippen LogP contribution >= 0.6 is 12.2 Å². The fourth-order valence-corrected chi connectivity index (χ4v) is 2.77. The first-order valence-electron chi connectivity index (χ1n) is 8.00. The molecule has 0 bridgehead atoms. The predicted molar refractivity (Wildman–Crippen MR) is 105 cm³/mol. The topological polar surface area (TPSA) is 50.4 Å². The second-order valence-corrected chi connectivity index (χ2v) is 5.80. The highest BCUT2D eigenvalue weighted by molar-refractivity contribution is 7.80. The van der Waals surface area contributed by atoms with Gasteiger partial charge in [0.25, 0.3) is 5.91 Å². The Kier molecular flexibility index (Phi) is 5.26. The SMILES string of the molecule is CCOc1ccc(NC(=S)NC(=O)c2cccc3ccccc23)cc1. The van der Waals surface area contributed by atoms with Gasteiger partial charge in [0.15, 0.2) is 5.11 Å². The summed E-state index contributed by atoms with van der Waals surface area (Å²) in [6.07, 6.45) is 0. The smallest absolute Gasteiger partial charge is 0.258 e. The molecule has 126 valence electrons. The maximum atomic E-state index is 12.5. The summed E-state index contributed by atoms with van der Waals surface area (Å²) in [6, 6.07) is 20.8. The van der Waals surface area contributed by atoms with Gasteiger partial charge in [-0.25, -0.2) is 0 Å². The molecule has 3 aromatic carbocycles. The molecule has 0 radical (unpaired) electrons. The maximum absolute atomic E-state index is 12.5. The van der Waals surface area contributed by atoms with E-state index in [0.717, 1.165) is 22.2 Å².